The molecule has 4 heteroatoms. The number of allylic oxidation sites excluding steroid dienone is 2. The van der Waals surface area contributed by atoms with E-state index in [1.165, 1.54) is 14.2 Å². The molecule has 1 aromatic carbocycles. The smallest absolute Gasteiger partial charge is 0.192 e. The Kier molecular flexibility index (Phi) is 4.49. The Balaban J connectivity index is 2.18. The van der Waals surface area contributed by atoms with Gasteiger partial charge in [-0.1, -0.05) is 42.5 Å². The number of ketones is 1. The number of ether oxygens (including phenoxy) is 2. The molecule has 1 aromatic rings. The highest BCUT2D eigenvalue weighted by Crippen LogP contribution is 2.30. The molecule has 0 saturated heterocycles. The molecule has 0 spiro atoms. The number of benzene rings is 1. The van der Waals surface area contributed by atoms with Gasteiger partial charge >= 0.3 is 0 Å². The Morgan fingerprint density at radius 2 is 1.90 bits per heavy atom. The van der Waals surface area contributed by atoms with E-state index in [-0.39, 0.29) is 12.2 Å². The number of hydrogen-bond acceptors (Lipinski definition) is 4. The van der Waals surface area contributed by atoms with Crippen LogP contribution in [0, 0.1) is 0 Å². The minimum Gasteiger partial charge on any atom is -0.380 e. The quantitative estimate of drug-likeness (QED) is 0.836. The molecule has 0 aliphatic heterocycles. The molecule has 0 radical (unpaired) electrons. The van der Waals surface area contributed by atoms with Crippen LogP contribution in [0.2, 0.25) is 0 Å². The standard InChI is InChI=1S/C16H18O4/c1-19-16(20-2)10-6-9-13(11-16)15(18)14(17)12-7-4-3-5-8-12/h3-10,14,17H,11H2,1-2H3. The third-order valence-electron chi connectivity index (χ3n) is 3.46. The molecule has 20 heavy (non-hydrogen) atoms. The van der Waals surface area contributed by atoms with Gasteiger partial charge in [0.05, 0.1) is 0 Å². The Morgan fingerprint density at radius 1 is 1.25 bits per heavy atom. The number of rotatable bonds is 5. The molecule has 0 fully saturated rings. The van der Waals surface area contributed by atoms with Crippen molar-refractivity contribution in [1.29, 1.82) is 0 Å². The maximum absolute atomic E-state index is 12.4. The van der Waals surface area contributed by atoms with E-state index in [1.54, 1.807) is 42.5 Å². The Hall–Kier alpha value is -1.75. The number of carbonyl (C=O) groups excluding carboxylic acids is 1. The lowest BCUT2D eigenvalue weighted by Crippen LogP contribution is -2.35. The van der Waals surface area contributed by atoms with Crippen molar-refractivity contribution in [3.63, 3.8) is 0 Å². The molecular weight excluding hydrogens is 256 g/mol. The maximum Gasteiger partial charge on any atom is 0.192 e. The molecule has 2 rings (SSSR count). The first-order valence-corrected chi connectivity index (χ1v) is 6.38. The zero-order valence-electron chi connectivity index (χ0n) is 11.6. The van der Waals surface area contributed by atoms with E-state index in [0.717, 1.165) is 0 Å². The van der Waals surface area contributed by atoms with E-state index < -0.39 is 11.9 Å². The van der Waals surface area contributed by atoms with E-state index in [2.05, 4.69) is 0 Å². The molecule has 1 atom stereocenters. The number of Topliss-reactive ketones (excluding diaryl/α,β-unsaturated/α-hetero) is 1. The van der Waals surface area contributed by atoms with Crippen LogP contribution in [-0.4, -0.2) is 30.9 Å². The first-order valence-electron chi connectivity index (χ1n) is 6.38. The second kappa shape index (κ2) is 6.13. The Bertz CT molecular complexity index is 527. The molecule has 0 amide bonds. The summed E-state index contributed by atoms with van der Waals surface area (Å²) in [7, 11) is 3.05. The molecule has 0 saturated carbocycles. The van der Waals surface area contributed by atoms with Crippen molar-refractivity contribution in [3.8, 4) is 0 Å². The largest absolute Gasteiger partial charge is 0.380 e. The minimum atomic E-state index is -1.17. The number of aliphatic hydroxyl groups is 1. The van der Waals surface area contributed by atoms with Gasteiger partial charge < -0.3 is 14.6 Å². The molecule has 1 aliphatic rings. The van der Waals surface area contributed by atoms with Crippen molar-refractivity contribution in [3.05, 3.63) is 59.7 Å². The monoisotopic (exact) mass is 274 g/mol. The van der Waals surface area contributed by atoms with Crippen molar-refractivity contribution in [2.45, 2.75) is 18.3 Å². The van der Waals surface area contributed by atoms with E-state index in [4.69, 9.17) is 9.47 Å². The van der Waals surface area contributed by atoms with Gasteiger partial charge in [0.15, 0.2) is 11.6 Å². The fourth-order valence-electron chi connectivity index (χ4n) is 2.19. The van der Waals surface area contributed by atoms with Gasteiger partial charge in [0.2, 0.25) is 0 Å². The van der Waals surface area contributed by atoms with Crippen molar-refractivity contribution in [2.24, 2.45) is 0 Å². The van der Waals surface area contributed by atoms with E-state index in [1.807, 2.05) is 6.07 Å². The molecule has 1 unspecified atom stereocenters. The Morgan fingerprint density at radius 3 is 2.50 bits per heavy atom. The summed E-state index contributed by atoms with van der Waals surface area (Å²) in [6, 6.07) is 8.86. The second-order valence-corrected chi connectivity index (χ2v) is 4.63. The molecule has 0 heterocycles. The lowest BCUT2D eigenvalue weighted by atomic mass is 9.91. The van der Waals surface area contributed by atoms with Gasteiger partial charge in [-0.05, 0) is 11.6 Å². The predicted molar refractivity (Wildman–Crippen MR) is 75.0 cm³/mol. The zero-order valence-corrected chi connectivity index (χ0v) is 11.6. The highest BCUT2D eigenvalue weighted by Gasteiger charge is 2.33. The summed E-state index contributed by atoms with van der Waals surface area (Å²) in [4.78, 5) is 12.4. The SMILES string of the molecule is COC1(OC)C=CC=C(C(=O)C(O)c2ccccc2)C1. The van der Waals surface area contributed by atoms with Gasteiger partial charge in [-0.15, -0.1) is 0 Å². The van der Waals surface area contributed by atoms with E-state index in [0.29, 0.717) is 11.1 Å². The van der Waals surface area contributed by atoms with Crippen LogP contribution in [0.15, 0.2) is 54.1 Å². The normalized spacial score (nSPS) is 18.4. The van der Waals surface area contributed by atoms with Crippen LogP contribution in [-0.2, 0) is 14.3 Å². The topological polar surface area (TPSA) is 55.8 Å². The van der Waals surface area contributed by atoms with Crippen molar-refractivity contribution in [2.75, 3.05) is 14.2 Å². The number of aliphatic hydroxyl groups excluding tert-OH is 1. The molecule has 1 aliphatic carbocycles. The number of hydrogen-bond donors (Lipinski definition) is 1. The van der Waals surface area contributed by atoms with E-state index >= 15 is 0 Å². The average molecular weight is 274 g/mol. The van der Waals surface area contributed by atoms with Crippen LogP contribution >= 0.6 is 0 Å². The van der Waals surface area contributed by atoms with Crippen LogP contribution in [0.25, 0.3) is 0 Å². The molecule has 0 aromatic heterocycles. The van der Waals surface area contributed by atoms with Crippen LogP contribution in [0.1, 0.15) is 18.1 Å². The highest BCUT2D eigenvalue weighted by atomic mass is 16.7. The zero-order chi connectivity index (χ0) is 14.6. The molecule has 4 nitrogen and oxygen atoms in total. The second-order valence-electron chi connectivity index (χ2n) is 4.63. The summed E-state index contributed by atoms with van der Waals surface area (Å²) < 4.78 is 10.6. The summed E-state index contributed by atoms with van der Waals surface area (Å²) in [5, 5.41) is 10.2. The van der Waals surface area contributed by atoms with Gasteiger partial charge in [0.25, 0.3) is 0 Å². The highest BCUT2D eigenvalue weighted by molar-refractivity contribution is 5.99. The molecular formula is C16H18O4. The van der Waals surface area contributed by atoms with Gasteiger partial charge in [-0.25, -0.2) is 0 Å². The fourth-order valence-corrected chi connectivity index (χ4v) is 2.19. The number of methoxy groups -OCH3 is 2. The lowest BCUT2D eigenvalue weighted by molar-refractivity contribution is -0.170. The summed E-state index contributed by atoms with van der Waals surface area (Å²) in [6.07, 6.45) is 4.25. The Labute approximate surface area is 118 Å². The predicted octanol–water partition coefficient (Wildman–Crippen LogP) is 2.16. The third kappa shape index (κ3) is 2.88. The summed E-state index contributed by atoms with van der Waals surface area (Å²) in [5.41, 5.74) is 1.06. The van der Waals surface area contributed by atoms with Crippen molar-refractivity contribution >= 4 is 5.78 Å². The van der Waals surface area contributed by atoms with Crippen molar-refractivity contribution < 1.29 is 19.4 Å². The van der Waals surface area contributed by atoms with Gasteiger partial charge in [0, 0.05) is 26.2 Å². The van der Waals surface area contributed by atoms with Crippen LogP contribution in [0.4, 0.5) is 0 Å². The van der Waals surface area contributed by atoms with Gasteiger partial charge in [-0.2, -0.15) is 0 Å². The summed E-state index contributed by atoms with van der Waals surface area (Å²) >= 11 is 0. The summed E-state index contributed by atoms with van der Waals surface area (Å²) in [5.74, 6) is -1.27. The maximum atomic E-state index is 12.4. The molecule has 106 valence electrons. The summed E-state index contributed by atoms with van der Waals surface area (Å²) in [6.45, 7) is 0. The number of carbonyl (C=O) groups is 1. The first kappa shape index (κ1) is 14.7. The minimum absolute atomic E-state index is 0.277. The van der Waals surface area contributed by atoms with E-state index in [9.17, 15) is 9.90 Å². The average Bonchev–Trinajstić information content (AvgIpc) is 2.54. The van der Waals surface area contributed by atoms with Crippen molar-refractivity contribution in [1.82, 2.24) is 0 Å². The fraction of sp³-hybridized carbons (Fsp3) is 0.312. The first-order chi connectivity index (χ1) is 9.62. The van der Waals surface area contributed by atoms with Gasteiger partial charge in [0.1, 0.15) is 6.10 Å². The van der Waals surface area contributed by atoms with Crippen LogP contribution in [0.3, 0.4) is 0 Å². The van der Waals surface area contributed by atoms with Crippen LogP contribution < -0.4 is 0 Å². The third-order valence-corrected chi connectivity index (χ3v) is 3.46. The molecule has 0 bridgehead atoms. The molecule has 1 N–H and O–H groups in total. The lowest BCUT2D eigenvalue weighted by Gasteiger charge is -2.30. The van der Waals surface area contributed by atoms with Crippen LogP contribution in [0.5, 0.6) is 0 Å². The van der Waals surface area contributed by atoms with Gasteiger partial charge in [-0.3, -0.25) is 4.79 Å².